The monoisotopic (exact) mass is 301 g/mol. The van der Waals surface area contributed by atoms with Crippen molar-refractivity contribution in [2.24, 2.45) is 0 Å². The number of aryl methyl sites for hydroxylation is 1. The lowest BCUT2D eigenvalue weighted by Crippen LogP contribution is -2.19. The van der Waals surface area contributed by atoms with Crippen molar-refractivity contribution >= 4 is 28.6 Å². The van der Waals surface area contributed by atoms with E-state index < -0.39 is 0 Å². The average Bonchev–Trinajstić information content (AvgIpc) is 2.93. The van der Waals surface area contributed by atoms with Gasteiger partial charge in [-0.1, -0.05) is 0 Å². The van der Waals surface area contributed by atoms with Gasteiger partial charge in [-0.2, -0.15) is 5.26 Å². The van der Waals surface area contributed by atoms with Crippen LogP contribution in [0.1, 0.15) is 21.7 Å². The third kappa shape index (κ3) is 2.88. The van der Waals surface area contributed by atoms with E-state index in [1.807, 2.05) is 6.07 Å². The van der Waals surface area contributed by atoms with E-state index in [9.17, 15) is 9.18 Å². The predicted molar refractivity (Wildman–Crippen MR) is 79.7 cm³/mol. The van der Waals surface area contributed by atoms with Crippen molar-refractivity contribution in [1.82, 2.24) is 0 Å². The van der Waals surface area contributed by atoms with Crippen LogP contribution in [0.15, 0.2) is 24.3 Å². The van der Waals surface area contributed by atoms with Crippen molar-refractivity contribution in [3.63, 3.8) is 0 Å². The molecule has 1 aliphatic heterocycles. The first-order valence-electron chi connectivity index (χ1n) is 6.50. The summed E-state index contributed by atoms with van der Waals surface area (Å²) < 4.78 is 14.0. The minimum absolute atomic E-state index is 0.0445. The lowest BCUT2D eigenvalue weighted by molar-refractivity contribution is -0.116. The molecule has 2 aromatic rings. The standard InChI is InChI=1S/C15H12FN3OS/c16-12-5-9-1-4-15(20)19-13(9)6-14(12)18-8-11-3-2-10(7-17)21-11/h2-3,5-6,18H,1,4,8H2,(H,19,20). The number of hydrogen-bond acceptors (Lipinski definition) is 4. The Bertz CT molecular complexity index is 748. The van der Waals surface area contributed by atoms with Gasteiger partial charge in [0.2, 0.25) is 5.91 Å². The summed E-state index contributed by atoms with van der Waals surface area (Å²) in [6.45, 7) is 0.440. The van der Waals surface area contributed by atoms with Crippen LogP contribution in [0.2, 0.25) is 0 Å². The molecular weight excluding hydrogens is 289 g/mol. The molecule has 106 valence electrons. The summed E-state index contributed by atoms with van der Waals surface area (Å²) in [6, 6.07) is 8.74. The molecule has 0 saturated heterocycles. The molecule has 0 spiro atoms. The number of nitriles is 1. The van der Waals surface area contributed by atoms with Crippen molar-refractivity contribution in [3.8, 4) is 6.07 Å². The number of anilines is 2. The van der Waals surface area contributed by atoms with Crippen LogP contribution in [0.25, 0.3) is 0 Å². The topological polar surface area (TPSA) is 64.9 Å². The van der Waals surface area contributed by atoms with E-state index in [0.29, 0.717) is 35.6 Å². The van der Waals surface area contributed by atoms with Crippen LogP contribution in [0.4, 0.5) is 15.8 Å². The number of nitrogens with zero attached hydrogens (tertiary/aromatic N) is 1. The predicted octanol–water partition coefficient (Wildman–Crippen LogP) is 3.26. The summed E-state index contributed by atoms with van der Waals surface area (Å²) in [5.41, 5.74) is 1.84. The number of amides is 1. The fourth-order valence-corrected chi connectivity index (χ4v) is 2.99. The molecule has 1 aromatic carbocycles. The highest BCUT2D eigenvalue weighted by Gasteiger charge is 2.17. The van der Waals surface area contributed by atoms with Crippen molar-refractivity contribution < 1.29 is 9.18 Å². The highest BCUT2D eigenvalue weighted by atomic mass is 32.1. The molecule has 1 aliphatic rings. The molecule has 0 aliphatic carbocycles. The number of halogens is 1. The second-order valence-electron chi connectivity index (χ2n) is 4.77. The first kappa shape index (κ1) is 13.6. The van der Waals surface area contributed by atoms with E-state index in [-0.39, 0.29) is 11.7 Å². The number of carbonyl (C=O) groups is 1. The molecule has 0 unspecified atom stereocenters. The normalized spacial score (nSPS) is 13.2. The summed E-state index contributed by atoms with van der Waals surface area (Å²) in [6.07, 6.45) is 0.958. The van der Waals surface area contributed by atoms with Crippen LogP contribution in [0, 0.1) is 17.1 Å². The van der Waals surface area contributed by atoms with Gasteiger partial charge in [-0.15, -0.1) is 11.3 Å². The number of nitrogens with one attached hydrogen (secondary N) is 2. The van der Waals surface area contributed by atoms with Crippen molar-refractivity contribution in [2.45, 2.75) is 19.4 Å². The number of thiophene rings is 1. The van der Waals surface area contributed by atoms with Gasteiger partial charge in [0.25, 0.3) is 0 Å². The lowest BCUT2D eigenvalue weighted by Gasteiger charge is -2.18. The molecule has 6 heteroatoms. The quantitative estimate of drug-likeness (QED) is 0.914. The molecule has 4 nitrogen and oxygen atoms in total. The van der Waals surface area contributed by atoms with Gasteiger partial charge < -0.3 is 10.6 Å². The fourth-order valence-electron chi connectivity index (χ4n) is 2.25. The molecule has 2 heterocycles. The lowest BCUT2D eigenvalue weighted by atomic mass is 10.0. The van der Waals surface area contributed by atoms with Crippen LogP contribution >= 0.6 is 11.3 Å². The number of hydrogen-bond donors (Lipinski definition) is 2. The van der Waals surface area contributed by atoms with Crippen LogP contribution in [-0.2, 0) is 17.8 Å². The number of carbonyl (C=O) groups excluding carboxylic acids is 1. The maximum Gasteiger partial charge on any atom is 0.224 e. The van der Waals surface area contributed by atoms with Crippen LogP contribution in [0.5, 0.6) is 0 Å². The van der Waals surface area contributed by atoms with Gasteiger partial charge in [0.1, 0.15) is 16.8 Å². The van der Waals surface area contributed by atoms with E-state index in [1.54, 1.807) is 12.1 Å². The Labute approximate surface area is 125 Å². The molecule has 3 rings (SSSR count). The zero-order valence-corrected chi connectivity index (χ0v) is 11.9. The minimum atomic E-state index is -0.332. The van der Waals surface area contributed by atoms with Crippen LogP contribution < -0.4 is 10.6 Å². The average molecular weight is 301 g/mol. The summed E-state index contributed by atoms with van der Waals surface area (Å²) in [5.74, 6) is -0.376. The highest BCUT2D eigenvalue weighted by molar-refractivity contribution is 7.12. The van der Waals surface area contributed by atoms with Gasteiger partial charge >= 0.3 is 0 Å². The van der Waals surface area contributed by atoms with Gasteiger partial charge in [0.15, 0.2) is 0 Å². The molecule has 0 fully saturated rings. The Kier molecular flexibility index (Phi) is 3.59. The SMILES string of the molecule is N#Cc1ccc(CNc2cc3c(cc2F)CCC(=O)N3)s1. The van der Waals surface area contributed by atoms with E-state index in [2.05, 4.69) is 16.7 Å². The maximum absolute atomic E-state index is 14.0. The van der Waals surface area contributed by atoms with Crippen molar-refractivity contribution in [2.75, 3.05) is 10.6 Å². The fraction of sp³-hybridized carbons (Fsp3) is 0.200. The second-order valence-corrected chi connectivity index (χ2v) is 5.94. The van der Waals surface area contributed by atoms with Gasteiger partial charge in [-0.05, 0) is 36.2 Å². The third-order valence-electron chi connectivity index (χ3n) is 3.31. The number of rotatable bonds is 3. The van der Waals surface area contributed by atoms with E-state index in [4.69, 9.17) is 5.26 Å². The number of benzene rings is 1. The Morgan fingerprint density at radius 1 is 1.38 bits per heavy atom. The molecular formula is C15H12FN3OS. The smallest absolute Gasteiger partial charge is 0.224 e. The van der Waals surface area contributed by atoms with Gasteiger partial charge in [-0.25, -0.2) is 4.39 Å². The van der Waals surface area contributed by atoms with Crippen LogP contribution in [-0.4, -0.2) is 5.91 Å². The molecule has 2 N–H and O–H groups in total. The van der Waals surface area contributed by atoms with E-state index in [1.165, 1.54) is 17.4 Å². The molecule has 0 bridgehead atoms. The van der Waals surface area contributed by atoms with E-state index >= 15 is 0 Å². The molecule has 0 saturated carbocycles. The van der Waals surface area contributed by atoms with Crippen LogP contribution in [0.3, 0.4) is 0 Å². The zero-order valence-electron chi connectivity index (χ0n) is 11.1. The minimum Gasteiger partial charge on any atom is -0.378 e. The summed E-state index contributed by atoms with van der Waals surface area (Å²) in [7, 11) is 0. The Hall–Kier alpha value is -2.39. The maximum atomic E-state index is 14.0. The second kappa shape index (κ2) is 5.54. The number of fused-ring (bicyclic) bond motifs is 1. The summed E-state index contributed by atoms with van der Waals surface area (Å²) in [4.78, 5) is 13.0. The Morgan fingerprint density at radius 3 is 3.00 bits per heavy atom. The first-order chi connectivity index (χ1) is 10.2. The summed E-state index contributed by atoms with van der Waals surface area (Å²) >= 11 is 1.37. The van der Waals surface area contributed by atoms with Gasteiger partial charge in [0, 0.05) is 23.5 Å². The van der Waals surface area contributed by atoms with E-state index in [0.717, 1.165) is 10.4 Å². The molecule has 0 radical (unpaired) electrons. The highest BCUT2D eigenvalue weighted by Crippen LogP contribution is 2.29. The Balaban J connectivity index is 1.77. The Morgan fingerprint density at radius 2 is 2.24 bits per heavy atom. The molecule has 0 atom stereocenters. The summed E-state index contributed by atoms with van der Waals surface area (Å²) in [5, 5.41) is 14.5. The zero-order chi connectivity index (χ0) is 14.8. The first-order valence-corrected chi connectivity index (χ1v) is 7.32. The van der Waals surface area contributed by atoms with Crippen molar-refractivity contribution in [1.29, 1.82) is 5.26 Å². The molecule has 1 aromatic heterocycles. The van der Waals surface area contributed by atoms with Gasteiger partial charge in [-0.3, -0.25) is 4.79 Å². The van der Waals surface area contributed by atoms with Crippen molar-refractivity contribution in [3.05, 3.63) is 45.4 Å². The molecule has 21 heavy (non-hydrogen) atoms. The largest absolute Gasteiger partial charge is 0.378 e. The van der Waals surface area contributed by atoms with Gasteiger partial charge in [0.05, 0.1) is 5.69 Å². The third-order valence-corrected chi connectivity index (χ3v) is 4.30. The molecule has 1 amide bonds.